The van der Waals surface area contributed by atoms with Gasteiger partial charge in [-0.3, -0.25) is 4.79 Å². The van der Waals surface area contributed by atoms with E-state index in [4.69, 9.17) is 5.11 Å². The normalized spacial score (nSPS) is 27.9. The van der Waals surface area contributed by atoms with E-state index >= 15 is 0 Å². The Balaban J connectivity index is 2.72. The van der Waals surface area contributed by atoms with E-state index in [1.807, 2.05) is 0 Å². The molecule has 1 fully saturated rings. The summed E-state index contributed by atoms with van der Waals surface area (Å²) in [7, 11) is -1.16. The van der Waals surface area contributed by atoms with Gasteiger partial charge in [-0.15, -0.1) is 0 Å². The largest absolute Gasteiger partial charge is 0.480 e. The third kappa shape index (κ3) is 2.77. The molecule has 1 aliphatic heterocycles. The lowest BCUT2D eigenvalue weighted by atomic mass is 10.1. The Hall–Kier alpha value is -0.420. The monoisotopic (exact) mass is 205 g/mol. The molecule has 0 saturated carbocycles. The first-order valence-electron chi connectivity index (χ1n) is 4.46. The minimum absolute atomic E-state index is 0.548. The molecule has 1 heterocycles. The van der Waals surface area contributed by atoms with E-state index in [1.165, 1.54) is 0 Å². The van der Waals surface area contributed by atoms with Gasteiger partial charge in [0, 0.05) is 12.8 Å². The molecule has 0 aromatic heterocycles. The average molecular weight is 205 g/mol. The van der Waals surface area contributed by atoms with Crippen molar-refractivity contribution in [2.24, 2.45) is 0 Å². The van der Waals surface area contributed by atoms with E-state index in [0.29, 0.717) is 13.0 Å². The van der Waals surface area contributed by atoms with Gasteiger partial charge in [-0.05, 0) is 12.8 Å². The van der Waals surface area contributed by atoms with Crippen LogP contribution in [-0.2, 0) is 15.8 Å². The summed E-state index contributed by atoms with van der Waals surface area (Å²) < 4.78 is 12.8. The third-order valence-corrected chi connectivity index (χ3v) is 3.42. The van der Waals surface area contributed by atoms with Gasteiger partial charge in [0.15, 0.2) is 0 Å². The van der Waals surface area contributed by atoms with Crippen LogP contribution in [0.1, 0.15) is 25.7 Å². The van der Waals surface area contributed by atoms with E-state index in [0.717, 1.165) is 19.3 Å². The summed E-state index contributed by atoms with van der Waals surface area (Å²) in [5.74, 6) is -0.850. The Morgan fingerprint density at radius 3 is 2.69 bits per heavy atom. The minimum Gasteiger partial charge on any atom is -0.480 e. The van der Waals surface area contributed by atoms with E-state index in [1.54, 1.807) is 10.6 Å². The number of hydrogen-bond acceptors (Lipinski definition) is 2. The number of carbonyl (C=O) groups is 1. The van der Waals surface area contributed by atoms with Crippen molar-refractivity contribution in [3.63, 3.8) is 0 Å². The Morgan fingerprint density at radius 1 is 1.46 bits per heavy atom. The van der Waals surface area contributed by atoms with E-state index in [9.17, 15) is 9.00 Å². The van der Waals surface area contributed by atoms with Crippen LogP contribution >= 0.6 is 0 Å². The van der Waals surface area contributed by atoms with Gasteiger partial charge in [0.05, 0.1) is 11.0 Å². The highest BCUT2D eigenvalue weighted by atomic mass is 32.2. The highest BCUT2D eigenvalue weighted by Gasteiger charge is 2.29. The molecular weight excluding hydrogens is 190 g/mol. The lowest BCUT2D eigenvalue weighted by Gasteiger charge is -2.23. The summed E-state index contributed by atoms with van der Waals surface area (Å²) in [5, 5.41) is 8.91. The lowest BCUT2D eigenvalue weighted by molar-refractivity contribution is -0.141. The van der Waals surface area contributed by atoms with Gasteiger partial charge in [0.2, 0.25) is 0 Å². The van der Waals surface area contributed by atoms with Crippen LogP contribution in [0.3, 0.4) is 0 Å². The van der Waals surface area contributed by atoms with Gasteiger partial charge in [0.1, 0.15) is 6.04 Å². The van der Waals surface area contributed by atoms with Crippen LogP contribution in [0.25, 0.3) is 0 Å². The second-order valence-corrected chi connectivity index (χ2v) is 4.58. The van der Waals surface area contributed by atoms with Gasteiger partial charge in [0.25, 0.3) is 0 Å². The SMILES string of the molecule is CS(=O)N1CCCCCC1C(=O)O. The van der Waals surface area contributed by atoms with Crippen LogP contribution in [0.2, 0.25) is 0 Å². The van der Waals surface area contributed by atoms with Crippen LogP contribution < -0.4 is 0 Å². The van der Waals surface area contributed by atoms with Crippen molar-refractivity contribution in [2.75, 3.05) is 12.8 Å². The molecule has 0 radical (unpaired) electrons. The minimum atomic E-state index is -1.16. The number of hydrogen-bond donors (Lipinski definition) is 1. The standard InChI is InChI=1S/C8H15NO3S/c1-13(12)9-6-4-2-3-5-7(9)8(10)11/h7H,2-6H2,1H3,(H,10,11). The summed E-state index contributed by atoms with van der Waals surface area (Å²) in [5.41, 5.74) is 0. The predicted octanol–water partition coefficient (Wildman–Crippen LogP) is 0.609. The molecule has 0 aliphatic carbocycles. The predicted molar refractivity (Wildman–Crippen MR) is 50.7 cm³/mol. The van der Waals surface area contributed by atoms with Crippen molar-refractivity contribution in [3.05, 3.63) is 0 Å². The molecule has 0 bridgehead atoms. The van der Waals surface area contributed by atoms with Gasteiger partial charge < -0.3 is 5.11 Å². The fourth-order valence-electron chi connectivity index (χ4n) is 1.64. The fraction of sp³-hybridized carbons (Fsp3) is 0.875. The van der Waals surface area contributed by atoms with Crippen LogP contribution in [0, 0.1) is 0 Å². The maximum absolute atomic E-state index is 11.2. The summed E-state index contributed by atoms with van der Waals surface area (Å²) in [6.07, 6.45) is 5.07. The van der Waals surface area contributed by atoms with Crippen LogP contribution in [0.15, 0.2) is 0 Å². The molecule has 1 N–H and O–H groups in total. The molecular formula is C8H15NO3S. The maximum Gasteiger partial charge on any atom is 0.321 e. The molecule has 1 rings (SSSR count). The number of aliphatic carboxylic acids is 1. The number of nitrogens with zero attached hydrogens (tertiary/aromatic N) is 1. The summed E-state index contributed by atoms with van der Waals surface area (Å²) >= 11 is 0. The Labute approximate surface area is 80.5 Å². The molecule has 1 saturated heterocycles. The van der Waals surface area contributed by atoms with E-state index in [2.05, 4.69) is 0 Å². The molecule has 0 aromatic rings. The quantitative estimate of drug-likeness (QED) is 0.718. The Bertz CT molecular complexity index is 197. The van der Waals surface area contributed by atoms with Crippen molar-refractivity contribution < 1.29 is 14.1 Å². The van der Waals surface area contributed by atoms with Gasteiger partial charge in [-0.25, -0.2) is 8.51 Å². The molecule has 5 heteroatoms. The zero-order chi connectivity index (χ0) is 9.84. The van der Waals surface area contributed by atoms with E-state index in [-0.39, 0.29) is 0 Å². The number of rotatable bonds is 2. The molecule has 13 heavy (non-hydrogen) atoms. The molecule has 2 atom stereocenters. The smallest absolute Gasteiger partial charge is 0.321 e. The van der Waals surface area contributed by atoms with E-state index < -0.39 is 23.0 Å². The summed E-state index contributed by atoms with van der Waals surface area (Å²) in [6.45, 7) is 0.639. The molecule has 0 aromatic carbocycles. The van der Waals surface area contributed by atoms with Crippen LogP contribution in [0.5, 0.6) is 0 Å². The third-order valence-electron chi connectivity index (χ3n) is 2.32. The number of carboxylic acids is 1. The van der Waals surface area contributed by atoms with Crippen molar-refractivity contribution in [2.45, 2.75) is 31.7 Å². The zero-order valence-corrected chi connectivity index (χ0v) is 8.55. The highest BCUT2D eigenvalue weighted by molar-refractivity contribution is 7.81. The lowest BCUT2D eigenvalue weighted by Crippen LogP contribution is -2.41. The molecule has 0 amide bonds. The average Bonchev–Trinajstić information content (AvgIpc) is 2.27. The molecule has 76 valence electrons. The summed E-state index contributed by atoms with van der Waals surface area (Å²) in [6, 6.07) is -0.548. The zero-order valence-electron chi connectivity index (χ0n) is 7.73. The van der Waals surface area contributed by atoms with Crippen molar-refractivity contribution in [3.8, 4) is 0 Å². The first-order valence-corrected chi connectivity index (χ1v) is 5.97. The molecule has 0 spiro atoms. The van der Waals surface area contributed by atoms with Gasteiger partial charge in [-0.1, -0.05) is 12.8 Å². The van der Waals surface area contributed by atoms with Crippen molar-refractivity contribution in [1.29, 1.82) is 0 Å². The molecule has 1 aliphatic rings. The molecule has 4 nitrogen and oxygen atoms in total. The fourth-order valence-corrected chi connectivity index (χ4v) is 2.58. The first kappa shape index (κ1) is 10.7. The molecule has 2 unspecified atom stereocenters. The summed E-state index contributed by atoms with van der Waals surface area (Å²) in [4.78, 5) is 10.8. The van der Waals surface area contributed by atoms with Gasteiger partial charge in [-0.2, -0.15) is 0 Å². The first-order chi connectivity index (χ1) is 6.13. The maximum atomic E-state index is 11.2. The second-order valence-electron chi connectivity index (χ2n) is 3.27. The van der Waals surface area contributed by atoms with Gasteiger partial charge >= 0.3 is 5.97 Å². The Morgan fingerprint density at radius 2 is 2.15 bits per heavy atom. The van der Waals surface area contributed by atoms with Crippen molar-refractivity contribution >= 4 is 17.0 Å². The van der Waals surface area contributed by atoms with Crippen molar-refractivity contribution in [1.82, 2.24) is 4.31 Å². The Kier molecular flexibility index (Phi) is 3.87. The van der Waals surface area contributed by atoms with Crippen LogP contribution in [0.4, 0.5) is 0 Å². The highest BCUT2D eigenvalue weighted by Crippen LogP contribution is 2.17. The topological polar surface area (TPSA) is 57.6 Å². The number of carboxylic acid groups (broad SMARTS) is 1. The second kappa shape index (κ2) is 4.72. The van der Waals surface area contributed by atoms with Crippen LogP contribution in [-0.4, -0.2) is 38.4 Å².